The van der Waals surface area contributed by atoms with Crippen LogP contribution in [0.25, 0.3) is 0 Å². The highest BCUT2D eigenvalue weighted by molar-refractivity contribution is 4.78. The van der Waals surface area contributed by atoms with Crippen LogP contribution in [-0.4, -0.2) is 75.0 Å². The zero-order valence-corrected chi connectivity index (χ0v) is 20.1. The third-order valence-electron chi connectivity index (χ3n) is 7.01. The van der Waals surface area contributed by atoms with Crippen LogP contribution in [0.1, 0.15) is 51.4 Å². The van der Waals surface area contributed by atoms with E-state index in [2.05, 4.69) is 14.1 Å². The summed E-state index contributed by atoms with van der Waals surface area (Å²) in [5.74, 6) is 0.825. The van der Waals surface area contributed by atoms with Gasteiger partial charge in [-0.2, -0.15) is 0 Å². The van der Waals surface area contributed by atoms with Gasteiger partial charge < -0.3 is 61.7 Å². The summed E-state index contributed by atoms with van der Waals surface area (Å²) in [7, 11) is 4.94. The Morgan fingerprint density at radius 2 is 1.46 bits per heavy atom. The number of likely N-dealkylation sites (N-methyl/N-ethyl adjacent to an activating group) is 1. The number of likely N-dealkylation sites (tertiary alicyclic amines) is 1. The summed E-state index contributed by atoms with van der Waals surface area (Å²) in [4.78, 5) is 0. The molecule has 5 heteroatoms. The number of hydrogen-bond donors (Lipinski definition) is 0. The van der Waals surface area contributed by atoms with Crippen molar-refractivity contribution in [3.05, 3.63) is 0 Å². The van der Waals surface area contributed by atoms with Crippen LogP contribution in [0.3, 0.4) is 0 Å². The Morgan fingerprint density at radius 1 is 0.792 bits per heavy atom. The first kappa shape index (κ1) is 23.4. The first-order valence-corrected chi connectivity index (χ1v) is 9.87. The van der Waals surface area contributed by atoms with Crippen molar-refractivity contribution in [3.8, 4) is 0 Å². The molecule has 3 unspecified atom stereocenters. The number of hydrogen-bond acceptors (Lipinski definition) is 1. The van der Waals surface area contributed by atoms with Gasteiger partial charge in [0.15, 0.2) is 0 Å². The van der Waals surface area contributed by atoms with Gasteiger partial charge in [-0.1, -0.05) is 0 Å². The number of ether oxygens (including phenoxy) is 1. The molecule has 0 saturated carbocycles. The second kappa shape index (κ2) is 10.6. The van der Waals surface area contributed by atoms with Gasteiger partial charge in [0.2, 0.25) is 0 Å². The van der Waals surface area contributed by atoms with Crippen LogP contribution in [-0.2, 0) is 4.74 Å². The third kappa shape index (κ3) is 5.92. The molecule has 3 rings (SSSR count). The summed E-state index contributed by atoms with van der Waals surface area (Å²) in [5.41, 5.74) is 0. The fraction of sp³-hybridized carbons (Fsp3) is 1.00. The predicted octanol–water partition coefficient (Wildman–Crippen LogP) is -2.95. The zero-order valence-electron chi connectivity index (χ0n) is 15.8. The van der Waals surface area contributed by atoms with E-state index >= 15 is 0 Å². The molecule has 0 amide bonds. The van der Waals surface area contributed by atoms with Gasteiger partial charge in [0, 0.05) is 12.3 Å². The average molecular weight is 564 g/mol. The largest absolute Gasteiger partial charge is 1.00 e. The molecule has 3 aliphatic heterocycles. The fourth-order valence-electron chi connectivity index (χ4n) is 5.45. The summed E-state index contributed by atoms with van der Waals surface area (Å²) in [6.45, 7) is 8.78. The molecule has 0 spiro atoms. The van der Waals surface area contributed by atoms with Gasteiger partial charge in [0.1, 0.15) is 6.54 Å². The number of rotatable bonds is 5. The van der Waals surface area contributed by atoms with Gasteiger partial charge in [-0.05, 0) is 44.9 Å². The minimum absolute atomic E-state index is 0. The molecule has 0 aromatic heterocycles. The molecule has 0 bridgehead atoms. The normalized spacial score (nSPS) is 35.2. The summed E-state index contributed by atoms with van der Waals surface area (Å²) >= 11 is 0. The van der Waals surface area contributed by atoms with Gasteiger partial charge in [-0.25, -0.2) is 0 Å². The van der Waals surface area contributed by atoms with Crippen LogP contribution in [0.2, 0.25) is 0 Å². The minimum atomic E-state index is 0. The Hall–Kier alpha value is 1.34. The van der Waals surface area contributed by atoms with E-state index in [0.717, 1.165) is 25.2 Å². The smallest absolute Gasteiger partial charge is 0.102 e. The van der Waals surface area contributed by atoms with E-state index < -0.39 is 0 Å². The summed E-state index contributed by atoms with van der Waals surface area (Å²) in [6, 6.07) is 0.891. The van der Waals surface area contributed by atoms with E-state index in [9.17, 15) is 0 Å². The maximum atomic E-state index is 6.21. The van der Waals surface area contributed by atoms with Gasteiger partial charge in [-0.15, -0.1) is 0 Å². The molecule has 0 N–H and O–H groups in total. The minimum Gasteiger partial charge on any atom is -1.00 e. The lowest BCUT2D eigenvalue weighted by atomic mass is 9.82. The van der Waals surface area contributed by atoms with Crippen molar-refractivity contribution in [1.82, 2.24) is 0 Å². The van der Waals surface area contributed by atoms with Gasteiger partial charge >= 0.3 is 0 Å². The molecule has 3 nitrogen and oxygen atoms in total. The number of nitrogens with zero attached hydrogens (tertiary/aromatic N) is 2. The molecule has 0 aromatic carbocycles. The van der Waals surface area contributed by atoms with E-state index in [-0.39, 0.29) is 48.0 Å². The van der Waals surface area contributed by atoms with Crippen LogP contribution in [0.5, 0.6) is 0 Å². The second-order valence-corrected chi connectivity index (χ2v) is 8.82. The Balaban J connectivity index is 0.00000144. The lowest BCUT2D eigenvalue weighted by molar-refractivity contribution is -0.947. The van der Waals surface area contributed by atoms with Crippen LogP contribution < -0.4 is 48.0 Å². The quantitative estimate of drug-likeness (QED) is 0.197. The highest BCUT2D eigenvalue weighted by Crippen LogP contribution is 2.36. The maximum absolute atomic E-state index is 6.21. The van der Waals surface area contributed by atoms with Crippen molar-refractivity contribution in [2.45, 2.75) is 57.4 Å². The molecule has 3 atom stereocenters. The third-order valence-corrected chi connectivity index (χ3v) is 7.01. The van der Waals surface area contributed by atoms with Gasteiger partial charge in [0.25, 0.3) is 0 Å². The van der Waals surface area contributed by atoms with E-state index in [4.69, 9.17) is 4.74 Å². The number of piperidine rings is 3. The van der Waals surface area contributed by atoms with E-state index in [0.29, 0.717) is 0 Å². The van der Waals surface area contributed by atoms with E-state index in [1.165, 1.54) is 93.1 Å². The zero-order chi connectivity index (χ0) is 15.5. The second-order valence-electron chi connectivity index (χ2n) is 8.82. The molecule has 0 radical (unpaired) electrons. The van der Waals surface area contributed by atoms with Crippen LogP contribution in [0.15, 0.2) is 0 Å². The highest BCUT2D eigenvalue weighted by Gasteiger charge is 2.43. The first-order chi connectivity index (χ1) is 10.6. The monoisotopic (exact) mass is 564 g/mol. The fourth-order valence-corrected chi connectivity index (χ4v) is 5.45. The maximum Gasteiger partial charge on any atom is 0.102 e. The Kier molecular flexibility index (Phi) is 10.3. The van der Waals surface area contributed by atoms with Crippen molar-refractivity contribution in [2.24, 2.45) is 5.92 Å². The Morgan fingerprint density at radius 3 is 2.21 bits per heavy atom. The van der Waals surface area contributed by atoms with E-state index in [1.807, 2.05) is 0 Å². The molecule has 144 valence electrons. The van der Waals surface area contributed by atoms with Crippen LogP contribution in [0, 0.1) is 5.92 Å². The van der Waals surface area contributed by atoms with Crippen molar-refractivity contribution in [1.29, 1.82) is 0 Å². The van der Waals surface area contributed by atoms with Crippen molar-refractivity contribution in [2.75, 3.05) is 60.0 Å². The molecule has 3 saturated heterocycles. The number of halogens is 2. The van der Waals surface area contributed by atoms with E-state index in [1.54, 1.807) is 0 Å². The summed E-state index contributed by atoms with van der Waals surface area (Å²) in [6.07, 6.45) is 11.4. The molecule has 3 heterocycles. The van der Waals surface area contributed by atoms with Crippen molar-refractivity contribution in [3.63, 3.8) is 0 Å². The summed E-state index contributed by atoms with van der Waals surface area (Å²) < 4.78 is 8.81. The SMILES string of the molecule is C[N+]1(CCOCC2CCC[N+]3(C)CCCCC23)CCCCC1.[I-].[I-]. The number of fused-ring (bicyclic) bond motifs is 1. The summed E-state index contributed by atoms with van der Waals surface area (Å²) in [5, 5.41) is 0. The molecule has 3 fully saturated rings. The van der Waals surface area contributed by atoms with Gasteiger partial charge in [0.05, 0.1) is 59.5 Å². The van der Waals surface area contributed by atoms with Crippen LogP contribution in [0.4, 0.5) is 0 Å². The molecular weight excluding hydrogens is 526 g/mol. The molecule has 0 aliphatic carbocycles. The standard InChI is InChI=1S/C19H38N2O.2HI/c1-20(11-5-3-6-12-20)15-16-22-17-18-9-8-14-21(2)13-7-4-10-19(18)21;;/h18-19H,3-17H2,1-2H3;2*1H/q+2;;/p-2. The van der Waals surface area contributed by atoms with Crippen molar-refractivity contribution < 1.29 is 61.7 Å². The molecule has 0 aromatic rings. The van der Waals surface area contributed by atoms with Crippen LogP contribution >= 0.6 is 0 Å². The molecular formula is C19H38I2N2O. The Bertz CT molecular complexity index is 359. The number of quaternary nitrogens is 2. The van der Waals surface area contributed by atoms with Gasteiger partial charge in [-0.3, -0.25) is 0 Å². The molecule has 24 heavy (non-hydrogen) atoms. The highest BCUT2D eigenvalue weighted by atomic mass is 127. The lowest BCUT2D eigenvalue weighted by Gasteiger charge is -2.51. The predicted molar refractivity (Wildman–Crippen MR) is 91.7 cm³/mol. The topological polar surface area (TPSA) is 9.23 Å². The van der Waals surface area contributed by atoms with Crippen molar-refractivity contribution >= 4 is 0 Å². The lowest BCUT2D eigenvalue weighted by Crippen LogP contribution is -3.00. The first-order valence-electron chi connectivity index (χ1n) is 9.87. The average Bonchev–Trinajstić information content (AvgIpc) is 2.51. The Labute approximate surface area is 184 Å². The molecule has 3 aliphatic rings.